The molecule has 1 aromatic heterocycles. The molecule has 2 N–H and O–H groups in total. The molecule has 2 atom stereocenters. The molecule has 0 saturated heterocycles. The summed E-state index contributed by atoms with van der Waals surface area (Å²) in [5.41, 5.74) is 4.32. The van der Waals surface area contributed by atoms with Crippen molar-refractivity contribution in [3.05, 3.63) is 46.8 Å². The van der Waals surface area contributed by atoms with Crippen LogP contribution in [0.25, 0.3) is 0 Å². The van der Waals surface area contributed by atoms with Crippen molar-refractivity contribution < 1.29 is 4.79 Å². The molecule has 0 saturated carbocycles. The van der Waals surface area contributed by atoms with Crippen molar-refractivity contribution >= 4 is 11.6 Å². The van der Waals surface area contributed by atoms with Crippen LogP contribution in [-0.2, 0) is 4.79 Å². The number of anilines is 1. The van der Waals surface area contributed by atoms with Gasteiger partial charge in [-0.25, -0.2) is 0 Å². The van der Waals surface area contributed by atoms with Gasteiger partial charge in [0.2, 0.25) is 5.91 Å². The molecule has 3 rings (SSSR count). The standard InChI is InChI=1S/C15H14N4O/c1-8-3-5-10(6-4-8)12-11(7-16)15(20)17-13-9(2)18-19-14(12)13/h3-6,11-12H,1-2H3,(H,17,20)(H,18,19). The summed E-state index contributed by atoms with van der Waals surface area (Å²) in [6, 6.07) is 9.97. The quantitative estimate of drug-likeness (QED) is 0.830. The number of nitriles is 1. The van der Waals surface area contributed by atoms with Gasteiger partial charge in [-0.1, -0.05) is 29.8 Å². The Hall–Kier alpha value is -2.61. The minimum absolute atomic E-state index is 0.268. The van der Waals surface area contributed by atoms with Crippen molar-refractivity contribution in [2.45, 2.75) is 19.8 Å². The summed E-state index contributed by atoms with van der Waals surface area (Å²) in [6.07, 6.45) is 0. The van der Waals surface area contributed by atoms with E-state index in [1.807, 2.05) is 38.1 Å². The summed E-state index contributed by atoms with van der Waals surface area (Å²) in [4.78, 5) is 12.1. The number of amides is 1. The highest BCUT2D eigenvalue weighted by Crippen LogP contribution is 2.40. The van der Waals surface area contributed by atoms with Crippen LogP contribution in [0.15, 0.2) is 24.3 Å². The van der Waals surface area contributed by atoms with Crippen LogP contribution in [0, 0.1) is 31.1 Å². The number of hydrogen-bond donors (Lipinski definition) is 2. The predicted octanol–water partition coefficient (Wildman–Crippen LogP) is 2.25. The Morgan fingerprint density at radius 2 is 1.95 bits per heavy atom. The lowest BCUT2D eigenvalue weighted by atomic mass is 9.80. The van der Waals surface area contributed by atoms with Crippen LogP contribution < -0.4 is 5.32 Å². The van der Waals surface area contributed by atoms with Crippen LogP contribution >= 0.6 is 0 Å². The molecule has 1 aliphatic heterocycles. The first-order valence-corrected chi connectivity index (χ1v) is 6.43. The van der Waals surface area contributed by atoms with Crippen LogP contribution in [0.1, 0.15) is 28.4 Å². The number of carbonyl (C=O) groups excluding carboxylic acids is 1. The Bertz CT molecular complexity index is 708. The molecular weight excluding hydrogens is 252 g/mol. The van der Waals surface area contributed by atoms with Crippen molar-refractivity contribution in [2.75, 3.05) is 5.32 Å². The lowest BCUT2D eigenvalue weighted by Crippen LogP contribution is -2.33. The van der Waals surface area contributed by atoms with Crippen molar-refractivity contribution in [1.29, 1.82) is 5.26 Å². The number of rotatable bonds is 1. The lowest BCUT2D eigenvalue weighted by Gasteiger charge is -2.26. The van der Waals surface area contributed by atoms with Gasteiger partial charge in [0.1, 0.15) is 5.92 Å². The zero-order chi connectivity index (χ0) is 14.3. The Kier molecular flexibility index (Phi) is 2.79. The Labute approximate surface area is 116 Å². The summed E-state index contributed by atoms with van der Waals surface area (Å²) in [7, 11) is 0. The van der Waals surface area contributed by atoms with Crippen molar-refractivity contribution in [2.24, 2.45) is 5.92 Å². The molecule has 2 heterocycles. The van der Waals surface area contributed by atoms with Gasteiger partial charge in [-0.15, -0.1) is 0 Å². The van der Waals surface area contributed by atoms with E-state index in [-0.39, 0.29) is 11.8 Å². The van der Waals surface area contributed by atoms with E-state index >= 15 is 0 Å². The Morgan fingerprint density at radius 3 is 2.60 bits per heavy atom. The minimum Gasteiger partial charge on any atom is -0.322 e. The molecular formula is C15H14N4O. The molecule has 5 nitrogen and oxygen atoms in total. The van der Waals surface area contributed by atoms with Gasteiger partial charge in [-0.05, 0) is 19.4 Å². The van der Waals surface area contributed by atoms with E-state index in [2.05, 4.69) is 21.6 Å². The van der Waals surface area contributed by atoms with Crippen LogP contribution in [0.3, 0.4) is 0 Å². The number of hydrogen-bond acceptors (Lipinski definition) is 3. The fraction of sp³-hybridized carbons (Fsp3) is 0.267. The van der Waals surface area contributed by atoms with Crippen molar-refractivity contribution in [1.82, 2.24) is 10.2 Å². The molecule has 1 amide bonds. The van der Waals surface area contributed by atoms with E-state index in [1.54, 1.807) is 0 Å². The van der Waals surface area contributed by atoms with Gasteiger partial charge in [0.25, 0.3) is 0 Å². The monoisotopic (exact) mass is 266 g/mol. The molecule has 2 unspecified atom stereocenters. The molecule has 0 bridgehead atoms. The zero-order valence-electron chi connectivity index (χ0n) is 11.3. The number of fused-ring (bicyclic) bond motifs is 1. The van der Waals surface area contributed by atoms with Gasteiger partial charge < -0.3 is 5.32 Å². The highest BCUT2D eigenvalue weighted by Gasteiger charge is 2.39. The SMILES string of the molecule is Cc1ccc(C2c3n[nH]c(C)c3NC(=O)C2C#N)cc1. The number of nitrogens with one attached hydrogen (secondary N) is 2. The largest absolute Gasteiger partial charge is 0.322 e. The van der Waals surface area contributed by atoms with E-state index in [9.17, 15) is 10.1 Å². The fourth-order valence-electron chi connectivity index (χ4n) is 2.60. The maximum absolute atomic E-state index is 12.1. The van der Waals surface area contributed by atoms with Crippen LogP contribution in [0.4, 0.5) is 5.69 Å². The molecule has 2 aromatic rings. The first-order chi connectivity index (χ1) is 9.61. The second kappa shape index (κ2) is 4.49. The molecule has 0 aliphatic carbocycles. The third-order valence-corrected chi connectivity index (χ3v) is 3.71. The fourth-order valence-corrected chi connectivity index (χ4v) is 2.60. The summed E-state index contributed by atoms with van der Waals surface area (Å²) in [6.45, 7) is 3.86. The van der Waals surface area contributed by atoms with Gasteiger partial charge in [-0.3, -0.25) is 9.89 Å². The summed E-state index contributed by atoms with van der Waals surface area (Å²) in [5, 5.41) is 19.3. The highest BCUT2D eigenvalue weighted by atomic mass is 16.2. The number of aryl methyl sites for hydroxylation is 2. The molecule has 0 spiro atoms. The Morgan fingerprint density at radius 1 is 1.25 bits per heavy atom. The van der Waals surface area contributed by atoms with Crippen molar-refractivity contribution in [3.63, 3.8) is 0 Å². The van der Waals surface area contributed by atoms with E-state index in [4.69, 9.17) is 0 Å². The third-order valence-electron chi connectivity index (χ3n) is 3.71. The predicted molar refractivity (Wildman–Crippen MR) is 74.1 cm³/mol. The van der Waals surface area contributed by atoms with Gasteiger partial charge in [0.15, 0.2) is 0 Å². The van der Waals surface area contributed by atoms with E-state index in [1.165, 1.54) is 0 Å². The molecule has 0 radical (unpaired) electrons. The minimum atomic E-state index is -0.757. The maximum atomic E-state index is 12.1. The second-order valence-electron chi connectivity index (χ2n) is 5.09. The molecule has 1 aromatic carbocycles. The van der Waals surface area contributed by atoms with Gasteiger partial charge in [-0.2, -0.15) is 10.4 Å². The molecule has 1 aliphatic rings. The van der Waals surface area contributed by atoms with E-state index in [0.717, 1.165) is 22.5 Å². The first kappa shape index (κ1) is 12.4. The second-order valence-corrected chi connectivity index (χ2v) is 5.09. The molecule has 100 valence electrons. The normalized spacial score (nSPS) is 20.9. The summed E-state index contributed by atoms with van der Waals surface area (Å²) < 4.78 is 0. The number of benzene rings is 1. The maximum Gasteiger partial charge on any atom is 0.242 e. The van der Waals surface area contributed by atoms with Crippen molar-refractivity contribution in [3.8, 4) is 6.07 Å². The average Bonchev–Trinajstić information content (AvgIpc) is 2.80. The number of aromatic nitrogens is 2. The number of H-pyrrole nitrogens is 1. The van der Waals surface area contributed by atoms with Crippen LogP contribution in [0.2, 0.25) is 0 Å². The van der Waals surface area contributed by atoms with Gasteiger partial charge >= 0.3 is 0 Å². The highest BCUT2D eigenvalue weighted by molar-refractivity contribution is 5.99. The lowest BCUT2D eigenvalue weighted by molar-refractivity contribution is -0.119. The topological polar surface area (TPSA) is 81.6 Å². The van der Waals surface area contributed by atoms with Gasteiger partial charge in [0, 0.05) is 0 Å². The first-order valence-electron chi connectivity index (χ1n) is 6.43. The average molecular weight is 266 g/mol. The summed E-state index contributed by atoms with van der Waals surface area (Å²) >= 11 is 0. The summed E-state index contributed by atoms with van der Waals surface area (Å²) in [5.74, 6) is -1.35. The van der Waals surface area contributed by atoms with E-state index < -0.39 is 5.92 Å². The number of nitrogens with zero attached hydrogens (tertiary/aromatic N) is 2. The molecule has 20 heavy (non-hydrogen) atoms. The Balaban J connectivity index is 2.17. The third kappa shape index (κ3) is 1.77. The van der Waals surface area contributed by atoms with Crippen LogP contribution in [0.5, 0.6) is 0 Å². The molecule has 0 fully saturated rings. The van der Waals surface area contributed by atoms with Crippen LogP contribution in [-0.4, -0.2) is 16.1 Å². The zero-order valence-corrected chi connectivity index (χ0v) is 11.3. The van der Waals surface area contributed by atoms with E-state index in [0.29, 0.717) is 5.69 Å². The smallest absolute Gasteiger partial charge is 0.242 e. The number of carbonyl (C=O) groups is 1. The molecule has 5 heteroatoms. The van der Waals surface area contributed by atoms with Gasteiger partial charge in [0.05, 0.1) is 29.1 Å². The number of aromatic amines is 1.